The van der Waals surface area contributed by atoms with E-state index in [1.807, 2.05) is 0 Å². The van der Waals surface area contributed by atoms with Crippen molar-refractivity contribution in [3.8, 4) is 0 Å². The third-order valence-corrected chi connectivity index (χ3v) is 2.06. The highest BCUT2D eigenvalue weighted by Gasteiger charge is 2.29. The van der Waals surface area contributed by atoms with Crippen LogP contribution in [0.2, 0.25) is 0 Å². The number of carbonyl (C=O) groups is 1. The predicted molar refractivity (Wildman–Crippen MR) is 50.0 cm³/mol. The van der Waals surface area contributed by atoms with Crippen molar-refractivity contribution in [3.63, 3.8) is 0 Å². The van der Waals surface area contributed by atoms with Crippen molar-refractivity contribution in [2.75, 3.05) is 11.1 Å². The van der Waals surface area contributed by atoms with Crippen molar-refractivity contribution in [3.05, 3.63) is 18.5 Å². The van der Waals surface area contributed by atoms with Gasteiger partial charge in [0.15, 0.2) is 0 Å². The molecule has 1 fully saturated rings. The summed E-state index contributed by atoms with van der Waals surface area (Å²) < 4.78 is 0. The highest BCUT2D eigenvalue weighted by molar-refractivity contribution is 5.96. The van der Waals surface area contributed by atoms with Crippen molar-refractivity contribution in [1.29, 1.82) is 0 Å². The number of nitrogen functional groups attached to an aromatic ring is 1. The van der Waals surface area contributed by atoms with Gasteiger partial charge < -0.3 is 11.1 Å². The zero-order chi connectivity index (χ0) is 9.26. The monoisotopic (exact) mass is 177 g/mol. The molecule has 2 rings (SSSR count). The molecule has 4 heteroatoms. The lowest BCUT2D eigenvalue weighted by Crippen LogP contribution is -2.14. The number of pyridine rings is 1. The molecule has 1 amide bonds. The van der Waals surface area contributed by atoms with E-state index in [9.17, 15) is 4.79 Å². The van der Waals surface area contributed by atoms with Crippen molar-refractivity contribution >= 4 is 17.3 Å². The highest BCUT2D eigenvalue weighted by atomic mass is 16.2. The van der Waals surface area contributed by atoms with Crippen LogP contribution in [0.4, 0.5) is 11.4 Å². The fourth-order valence-electron chi connectivity index (χ4n) is 1.10. The summed E-state index contributed by atoms with van der Waals surface area (Å²) >= 11 is 0. The molecule has 1 saturated carbocycles. The molecule has 0 spiro atoms. The number of carbonyl (C=O) groups excluding carboxylic acids is 1. The Morgan fingerprint density at radius 2 is 2.38 bits per heavy atom. The number of rotatable bonds is 2. The van der Waals surface area contributed by atoms with Gasteiger partial charge in [0.2, 0.25) is 5.91 Å². The van der Waals surface area contributed by atoms with E-state index in [1.54, 1.807) is 12.3 Å². The quantitative estimate of drug-likeness (QED) is 0.708. The van der Waals surface area contributed by atoms with Gasteiger partial charge in [-0.25, -0.2) is 0 Å². The number of aromatic nitrogens is 1. The Labute approximate surface area is 76.2 Å². The van der Waals surface area contributed by atoms with Gasteiger partial charge in [0, 0.05) is 12.1 Å². The first-order valence-corrected chi connectivity index (χ1v) is 4.28. The normalized spacial score (nSPS) is 15.4. The maximum absolute atomic E-state index is 11.3. The molecule has 1 aliphatic rings. The fourth-order valence-corrected chi connectivity index (χ4v) is 1.10. The lowest BCUT2D eigenvalue weighted by atomic mass is 10.3. The standard InChI is InChI=1S/C9H11N3O/c10-7-5-11-4-3-8(7)12-9(13)6-1-2-6/h3-6H,1-2,10H2,(H,11,12,13). The Bertz CT molecular complexity index is 333. The summed E-state index contributed by atoms with van der Waals surface area (Å²) in [5.74, 6) is 0.269. The molecule has 68 valence electrons. The van der Waals surface area contributed by atoms with Gasteiger partial charge in [0.25, 0.3) is 0 Å². The second-order valence-electron chi connectivity index (χ2n) is 3.23. The van der Waals surface area contributed by atoms with Gasteiger partial charge in [-0.05, 0) is 18.9 Å². The zero-order valence-electron chi connectivity index (χ0n) is 7.16. The van der Waals surface area contributed by atoms with E-state index in [2.05, 4.69) is 10.3 Å². The van der Waals surface area contributed by atoms with Crippen LogP contribution in [0.5, 0.6) is 0 Å². The fraction of sp³-hybridized carbons (Fsp3) is 0.333. The number of nitrogens with two attached hydrogens (primary N) is 1. The number of hydrogen-bond donors (Lipinski definition) is 2. The van der Waals surface area contributed by atoms with Crippen LogP contribution >= 0.6 is 0 Å². The summed E-state index contributed by atoms with van der Waals surface area (Å²) in [7, 11) is 0. The molecular weight excluding hydrogens is 166 g/mol. The molecule has 0 saturated heterocycles. The van der Waals surface area contributed by atoms with E-state index in [0.717, 1.165) is 12.8 Å². The number of anilines is 2. The van der Waals surface area contributed by atoms with Crippen LogP contribution in [0.1, 0.15) is 12.8 Å². The summed E-state index contributed by atoms with van der Waals surface area (Å²) in [5, 5.41) is 2.77. The van der Waals surface area contributed by atoms with E-state index < -0.39 is 0 Å². The van der Waals surface area contributed by atoms with Crippen molar-refractivity contribution < 1.29 is 4.79 Å². The molecule has 0 bridgehead atoms. The molecule has 3 N–H and O–H groups in total. The van der Waals surface area contributed by atoms with Gasteiger partial charge in [0.05, 0.1) is 17.6 Å². The number of nitrogens with zero attached hydrogens (tertiary/aromatic N) is 1. The van der Waals surface area contributed by atoms with Crippen LogP contribution in [0.25, 0.3) is 0 Å². The van der Waals surface area contributed by atoms with Gasteiger partial charge in [-0.15, -0.1) is 0 Å². The average Bonchev–Trinajstić information content (AvgIpc) is 2.91. The molecule has 4 nitrogen and oxygen atoms in total. The Morgan fingerprint density at radius 1 is 1.62 bits per heavy atom. The van der Waals surface area contributed by atoms with Crippen molar-refractivity contribution in [1.82, 2.24) is 4.98 Å². The maximum atomic E-state index is 11.3. The van der Waals surface area contributed by atoms with Gasteiger partial charge in [-0.3, -0.25) is 9.78 Å². The molecule has 13 heavy (non-hydrogen) atoms. The Kier molecular flexibility index (Phi) is 1.88. The summed E-state index contributed by atoms with van der Waals surface area (Å²) in [5.41, 5.74) is 6.78. The minimum Gasteiger partial charge on any atom is -0.396 e. The molecule has 0 aliphatic heterocycles. The summed E-state index contributed by atoms with van der Waals surface area (Å²) in [6, 6.07) is 1.70. The van der Waals surface area contributed by atoms with Gasteiger partial charge in [-0.1, -0.05) is 0 Å². The second kappa shape index (κ2) is 3.05. The Balaban J connectivity index is 2.08. The smallest absolute Gasteiger partial charge is 0.227 e. The van der Waals surface area contributed by atoms with Crippen LogP contribution in [0.3, 0.4) is 0 Å². The Hall–Kier alpha value is -1.58. The molecule has 1 heterocycles. The van der Waals surface area contributed by atoms with Crippen LogP contribution in [0, 0.1) is 5.92 Å². The number of nitrogens with one attached hydrogen (secondary N) is 1. The lowest BCUT2D eigenvalue weighted by molar-refractivity contribution is -0.117. The Morgan fingerprint density at radius 3 is 3.00 bits per heavy atom. The third-order valence-electron chi connectivity index (χ3n) is 2.06. The number of hydrogen-bond acceptors (Lipinski definition) is 3. The first-order valence-electron chi connectivity index (χ1n) is 4.28. The van der Waals surface area contributed by atoms with Gasteiger partial charge >= 0.3 is 0 Å². The molecule has 1 aromatic heterocycles. The minimum absolute atomic E-state index is 0.0675. The highest BCUT2D eigenvalue weighted by Crippen LogP contribution is 2.30. The van der Waals surface area contributed by atoms with Crippen LogP contribution < -0.4 is 11.1 Å². The average molecular weight is 177 g/mol. The first kappa shape index (κ1) is 8.04. The van der Waals surface area contributed by atoms with E-state index in [1.165, 1.54) is 6.20 Å². The maximum Gasteiger partial charge on any atom is 0.227 e. The first-order chi connectivity index (χ1) is 6.27. The van der Waals surface area contributed by atoms with E-state index in [0.29, 0.717) is 11.4 Å². The van der Waals surface area contributed by atoms with E-state index in [-0.39, 0.29) is 11.8 Å². The molecular formula is C9H11N3O. The summed E-state index contributed by atoms with van der Waals surface area (Å²) in [6.45, 7) is 0. The largest absolute Gasteiger partial charge is 0.396 e. The van der Waals surface area contributed by atoms with Crippen molar-refractivity contribution in [2.24, 2.45) is 5.92 Å². The second-order valence-corrected chi connectivity index (χ2v) is 3.23. The lowest BCUT2D eigenvalue weighted by Gasteiger charge is -2.05. The molecule has 1 aromatic rings. The van der Waals surface area contributed by atoms with Crippen LogP contribution in [-0.2, 0) is 4.79 Å². The summed E-state index contributed by atoms with van der Waals surface area (Å²) in [4.78, 5) is 15.2. The van der Waals surface area contributed by atoms with Crippen LogP contribution in [-0.4, -0.2) is 10.9 Å². The molecule has 0 atom stereocenters. The van der Waals surface area contributed by atoms with Gasteiger partial charge in [-0.2, -0.15) is 0 Å². The van der Waals surface area contributed by atoms with E-state index in [4.69, 9.17) is 5.73 Å². The minimum atomic E-state index is 0.0675. The van der Waals surface area contributed by atoms with Crippen molar-refractivity contribution in [2.45, 2.75) is 12.8 Å². The van der Waals surface area contributed by atoms with Crippen LogP contribution in [0.15, 0.2) is 18.5 Å². The molecule has 0 unspecified atom stereocenters. The SMILES string of the molecule is Nc1cnccc1NC(=O)C1CC1. The topological polar surface area (TPSA) is 68.0 Å². The zero-order valence-corrected chi connectivity index (χ0v) is 7.16. The summed E-state index contributed by atoms with van der Waals surface area (Å²) in [6.07, 6.45) is 5.13. The molecule has 0 radical (unpaired) electrons. The third kappa shape index (κ3) is 1.77. The molecule has 0 aromatic carbocycles. The van der Waals surface area contributed by atoms with Gasteiger partial charge in [0.1, 0.15) is 0 Å². The molecule has 1 aliphatic carbocycles. The predicted octanol–water partition coefficient (Wildman–Crippen LogP) is 1.01. The van der Waals surface area contributed by atoms with E-state index >= 15 is 0 Å². The number of amides is 1.